The number of nitriles is 1. The second kappa shape index (κ2) is 11.4. The molecule has 0 aliphatic carbocycles. The molecule has 7 nitrogen and oxygen atoms in total. The molecular weight excluding hydrogens is 589 g/mol. The van der Waals surface area contributed by atoms with Gasteiger partial charge in [0.1, 0.15) is 11.5 Å². The lowest BCUT2D eigenvalue weighted by atomic mass is 10.0. The van der Waals surface area contributed by atoms with Crippen LogP contribution in [0, 0.1) is 18.4 Å². The standard InChI is InChI=1S/C30H22ClF3N4O3S/c1-20-5-15-27(16-6-20)42(39,40)37-18-28(21-3-2-4-22(17-21)30(32,33)34)38(29(37)36-19-35)24-9-13-26(14-10-24)41-25-11-7-23(31)8-12-25/h2-17,28H,18H2,1H3/b36-29+/t28-/m1/s1. The number of aryl methyl sites for hydroxylation is 1. The van der Waals surface area contributed by atoms with E-state index in [1.807, 2.05) is 0 Å². The summed E-state index contributed by atoms with van der Waals surface area (Å²) in [4.78, 5) is 5.24. The van der Waals surface area contributed by atoms with Crippen molar-refractivity contribution in [3.63, 3.8) is 0 Å². The number of nitrogens with zero attached hydrogens (tertiary/aromatic N) is 4. The molecule has 12 heteroatoms. The number of hydrogen-bond acceptors (Lipinski definition) is 5. The van der Waals surface area contributed by atoms with Gasteiger partial charge in [-0.15, -0.1) is 4.99 Å². The molecule has 0 spiro atoms. The maximum Gasteiger partial charge on any atom is 0.416 e. The highest BCUT2D eigenvalue weighted by atomic mass is 35.5. The van der Waals surface area contributed by atoms with Gasteiger partial charge in [0.05, 0.1) is 23.0 Å². The first-order chi connectivity index (χ1) is 20.0. The summed E-state index contributed by atoms with van der Waals surface area (Å²) in [6, 6.07) is 23.0. The van der Waals surface area contributed by atoms with Gasteiger partial charge in [-0.2, -0.15) is 18.4 Å². The summed E-state index contributed by atoms with van der Waals surface area (Å²) in [5.41, 5.74) is 0.533. The van der Waals surface area contributed by atoms with E-state index in [-0.39, 0.29) is 23.0 Å². The fourth-order valence-corrected chi connectivity index (χ4v) is 6.10. The number of halogens is 4. The Kier molecular flexibility index (Phi) is 7.86. The predicted octanol–water partition coefficient (Wildman–Crippen LogP) is 7.55. The third kappa shape index (κ3) is 5.91. The molecule has 1 aliphatic rings. The Morgan fingerprint density at radius 1 is 0.952 bits per heavy atom. The molecule has 0 amide bonds. The molecule has 0 saturated carbocycles. The zero-order chi connectivity index (χ0) is 30.1. The van der Waals surface area contributed by atoms with Crippen molar-refractivity contribution in [1.82, 2.24) is 4.31 Å². The molecular formula is C30H22ClF3N4O3S. The molecule has 1 atom stereocenters. The number of guanidine groups is 1. The van der Waals surface area contributed by atoms with Gasteiger partial charge in [-0.05, 0) is 85.3 Å². The van der Waals surface area contributed by atoms with E-state index in [1.54, 1.807) is 73.8 Å². The molecule has 0 aromatic heterocycles. The highest BCUT2D eigenvalue weighted by molar-refractivity contribution is 7.89. The van der Waals surface area contributed by atoms with Gasteiger partial charge in [-0.3, -0.25) is 0 Å². The Balaban J connectivity index is 1.59. The Hall–Kier alpha value is -4.53. The lowest BCUT2D eigenvalue weighted by molar-refractivity contribution is -0.137. The molecule has 1 aliphatic heterocycles. The smallest absolute Gasteiger partial charge is 0.416 e. The zero-order valence-electron chi connectivity index (χ0n) is 22.0. The SMILES string of the molecule is Cc1ccc(S(=O)(=O)N2C[C@H](c3cccc(C(F)(F)F)c3)N(c3ccc(Oc4ccc(Cl)cc4)cc3)/C2=N/C#N)cc1. The summed E-state index contributed by atoms with van der Waals surface area (Å²) in [5, 5.41) is 10.1. The molecule has 0 N–H and O–H groups in total. The van der Waals surface area contributed by atoms with Crippen LogP contribution >= 0.6 is 11.6 Å². The summed E-state index contributed by atoms with van der Waals surface area (Å²) in [5.74, 6) is 0.725. The minimum Gasteiger partial charge on any atom is -0.457 e. The van der Waals surface area contributed by atoms with Crippen LogP contribution in [-0.4, -0.2) is 25.2 Å². The summed E-state index contributed by atoms with van der Waals surface area (Å²) < 4.78 is 75.3. The Morgan fingerprint density at radius 3 is 2.17 bits per heavy atom. The Morgan fingerprint density at radius 2 is 1.57 bits per heavy atom. The largest absolute Gasteiger partial charge is 0.457 e. The van der Waals surface area contributed by atoms with E-state index in [0.29, 0.717) is 22.2 Å². The molecule has 0 unspecified atom stereocenters. The molecule has 0 bridgehead atoms. The lowest BCUT2D eigenvalue weighted by Gasteiger charge is -2.26. The average molecular weight is 611 g/mol. The highest BCUT2D eigenvalue weighted by Crippen LogP contribution is 2.40. The molecule has 1 saturated heterocycles. The fourth-order valence-electron chi connectivity index (χ4n) is 4.56. The lowest BCUT2D eigenvalue weighted by Crippen LogP contribution is -2.38. The maximum atomic E-state index is 13.8. The van der Waals surface area contributed by atoms with Crippen LogP contribution in [0.2, 0.25) is 5.02 Å². The van der Waals surface area contributed by atoms with Gasteiger partial charge in [0.15, 0.2) is 0 Å². The maximum absolute atomic E-state index is 13.8. The number of sulfonamides is 1. The second-order valence-corrected chi connectivity index (χ2v) is 11.7. The van der Waals surface area contributed by atoms with Crippen LogP contribution in [0.5, 0.6) is 11.5 Å². The van der Waals surface area contributed by atoms with Crippen molar-refractivity contribution in [3.8, 4) is 17.7 Å². The van der Waals surface area contributed by atoms with E-state index < -0.39 is 27.8 Å². The van der Waals surface area contributed by atoms with Crippen molar-refractivity contribution in [3.05, 3.63) is 119 Å². The number of ether oxygens (including phenoxy) is 1. The number of benzene rings is 4. The van der Waals surface area contributed by atoms with Crippen LogP contribution in [0.25, 0.3) is 0 Å². The molecule has 4 aromatic carbocycles. The summed E-state index contributed by atoms with van der Waals surface area (Å²) in [7, 11) is -4.25. The fraction of sp³-hybridized carbons (Fsp3) is 0.133. The minimum atomic E-state index is -4.61. The molecule has 42 heavy (non-hydrogen) atoms. The average Bonchev–Trinajstić information content (AvgIpc) is 3.35. The van der Waals surface area contributed by atoms with Crippen LogP contribution in [0.3, 0.4) is 0 Å². The molecule has 1 heterocycles. The third-order valence-electron chi connectivity index (χ3n) is 6.61. The van der Waals surface area contributed by atoms with Gasteiger partial charge < -0.3 is 9.64 Å². The normalized spacial score (nSPS) is 16.5. The first-order valence-corrected chi connectivity index (χ1v) is 14.4. The van der Waals surface area contributed by atoms with E-state index in [1.165, 1.54) is 29.2 Å². The topological polar surface area (TPSA) is 86.0 Å². The van der Waals surface area contributed by atoms with E-state index in [4.69, 9.17) is 16.3 Å². The highest BCUT2D eigenvalue weighted by Gasteiger charge is 2.44. The predicted molar refractivity (Wildman–Crippen MR) is 153 cm³/mol. The molecule has 4 aromatic rings. The molecule has 214 valence electrons. The van der Waals surface area contributed by atoms with Crippen LogP contribution in [-0.2, 0) is 16.2 Å². The van der Waals surface area contributed by atoms with Crippen LogP contribution in [0.1, 0.15) is 22.7 Å². The second-order valence-electron chi connectivity index (χ2n) is 9.42. The first kappa shape index (κ1) is 29.0. The van der Waals surface area contributed by atoms with Crippen LogP contribution < -0.4 is 9.64 Å². The monoisotopic (exact) mass is 610 g/mol. The number of anilines is 1. The summed E-state index contributed by atoms with van der Waals surface area (Å²) >= 11 is 5.93. The van der Waals surface area contributed by atoms with Gasteiger partial charge in [-0.1, -0.05) is 41.4 Å². The number of hydrogen-bond donors (Lipinski definition) is 0. The quantitative estimate of drug-likeness (QED) is 0.210. The zero-order valence-corrected chi connectivity index (χ0v) is 23.5. The van der Waals surface area contributed by atoms with E-state index >= 15 is 0 Å². The third-order valence-corrected chi connectivity index (χ3v) is 8.62. The van der Waals surface area contributed by atoms with Gasteiger partial charge in [0, 0.05) is 10.7 Å². The van der Waals surface area contributed by atoms with Crippen LogP contribution in [0.4, 0.5) is 18.9 Å². The van der Waals surface area contributed by atoms with E-state index in [0.717, 1.165) is 22.0 Å². The van der Waals surface area contributed by atoms with Crippen molar-refractivity contribution >= 4 is 33.3 Å². The molecule has 0 radical (unpaired) electrons. The van der Waals surface area contributed by atoms with Crippen molar-refractivity contribution in [2.24, 2.45) is 4.99 Å². The minimum absolute atomic E-state index is 0.0462. The van der Waals surface area contributed by atoms with Gasteiger partial charge in [0.25, 0.3) is 10.0 Å². The first-order valence-electron chi connectivity index (χ1n) is 12.5. The number of aliphatic imine (C=N–C) groups is 1. The van der Waals surface area contributed by atoms with Crippen molar-refractivity contribution in [1.29, 1.82) is 5.26 Å². The Labute approximate surface area is 245 Å². The van der Waals surface area contributed by atoms with Gasteiger partial charge in [0.2, 0.25) is 12.2 Å². The van der Waals surface area contributed by atoms with Crippen molar-refractivity contribution in [2.45, 2.75) is 24.0 Å². The molecule has 5 rings (SSSR count). The van der Waals surface area contributed by atoms with Gasteiger partial charge in [-0.25, -0.2) is 12.7 Å². The van der Waals surface area contributed by atoms with Crippen molar-refractivity contribution < 1.29 is 26.3 Å². The van der Waals surface area contributed by atoms with E-state index in [9.17, 15) is 26.9 Å². The number of alkyl halides is 3. The summed E-state index contributed by atoms with van der Waals surface area (Å²) in [6.45, 7) is 1.52. The van der Waals surface area contributed by atoms with E-state index in [2.05, 4.69) is 4.99 Å². The molecule has 1 fully saturated rings. The van der Waals surface area contributed by atoms with Crippen LogP contribution in [0.15, 0.2) is 107 Å². The number of rotatable bonds is 6. The van der Waals surface area contributed by atoms with Crippen molar-refractivity contribution in [2.75, 3.05) is 11.4 Å². The summed E-state index contributed by atoms with van der Waals surface area (Å²) in [6.07, 6.45) is -2.96. The van der Waals surface area contributed by atoms with Gasteiger partial charge >= 0.3 is 6.18 Å². The Bertz CT molecular complexity index is 1770.